The number of fused-ring (bicyclic) bond motifs is 1. The number of benzene rings is 1. The summed E-state index contributed by atoms with van der Waals surface area (Å²) in [5, 5.41) is 0. The second kappa shape index (κ2) is 4.32. The number of amides is 1. The standard InChI is InChI=1S/C11H14N4O/c1-15(6-11(12)16)5-8-2-3-9-10(4-8)14-7-13-9/h2-4,7H,5-6H2,1H3,(H2,12,16)(H,13,14). The molecule has 1 heterocycles. The fourth-order valence-electron chi connectivity index (χ4n) is 1.71. The Morgan fingerprint density at radius 2 is 2.38 bits per heavy atom. The van der Waals surface area contributed by atoms with Gasteiger partial charge in [0.25, 0.3) is 0 Å². The van der Waals surface area contributed by atoms with Gasteiger partial charge in [-0.3, -0.25) is 9.69 Å². The molecule has 5 heteroatoms. The molecule has 0 spiro atoms. The number of H-pyrrole nitrogens is 1. The lowest BCUT2D eigenvalue weighted by atomic mass is 10.2. The van der Waals surface area contributed by atoms with Crippen molar-refractivity contribution in [1.29, 1.82) is 0 Å². The third kappa shape index (κ3) is 2.38. The van der Waals surface area contributed by atoms with Gasteiger partial charge in [-0.25, -0.2) is 4.98 Å². The summed E-state index contributed by atoms with van der Waals surface area (Å²) in [5.74, 6) is -0.315. The first kappa shape index (κ1) is 10.6. The molecule has 1 aromatic carbocycles. The summed E-state index contributed by atoms with van der Waals surface area (Å²) in [4.78, 5) is 19.8. The molecule has 1 amide bonds. The van der Waals surface area contributed by atoms with Gasteiger partial charge in [0.05, 0.1) is 23.9 Å². The molecule has 0 saturated heterocycles. The number of imidazole rings is 1. The molecular formula is C11H14N4O. The van der Waals surface area contributed by atoms with Crippen LogP contribution in [0, 0.1) is 0 Å². The van der Waals surface area contributed by atoms with Crippen molar-refractivity contribution >= 4 is 16.9 Å². The van der Waals surface area contributed by atoms with E-state index in [2.05, 4.69) is 9.97 Å². The maximum Gasteiger partial charge on any atom is 0.231 e. The first-order valence-electron chi connectivity index (χ1n) is 5.04. The Morgan fingerprint density at radius 1 is 1.56 bits per heavy atom. The van der Waals surface area contributed by atoms with E-state index in [1.54, 1.807) is 6.33 Å². The highest BCUT2D eigenvalue weighted by molar-refractivity contribution is 5.76. The molecule has 0 atom stereocenters. The summed E-state index contributed by atoms with van der Waals surface area (Å²) in [6.07, 6.45) is 1.67. The third-order valence-corrected chi connectivity index (χ3v) is 2.36. The van der Waals surface area contributed by atoms with Crippen LogP contribution < -0.4 is 5.73 Å². The highest BCUT2D eigenvalue weighted by Gasteiger charge is 2.04. The van der Waals surface area contributed by atoms with Crippen molar-refractivity contribution in [2.24, 2.45) is 5.73 Å². The molecule has 2 rings (SSSR count). The van der Waals surface area contributed by atoms with Gasteiger partial charge in [0.2, 0.25) is 5.91 Å². The Bertz CT molecular complexity index is 505. The molecule has 1 aromatic heterocycles. The topological polar surface area (TPSA) is 75.0 Å². The van der Waals surface area contributed by atoms with E-state index < -0.39 is 0 Å². The number of rotatable bonds is 4. The molecule has 16 heavy (non-hydrogen) atoms. The van der Waals surface area contributed by atoms with Gasteiger partial charge in [0.1, 0.15) is 0 Å². The van der Waals surface area contributed by atoms with Crippen molar-refractivity contribution in [3.8, 4) is 0 Å². The molecule has 0 fully saturated rings. The number of nitrogens with one attached hydrogen (secondary N) is 1. The van der Waals surface area contributed by atoms with E-state index >= 15 is 0 Å². The largest absolute Gasteiger partial charge is 0.369 e. The van der Waals surface area contributed by atoms with Crippen LogP contribution in [0.25, 0.3) is 11.0 Å². The van der Waals surface area contributed by atoms with Crippen molar-refractivity contribution in [2.75, 3.05) is 13.6 Å². The second-order valence-electron chi connectivity index (χ2n) is 3.89. The lowest BCUT2D eigenvalue weighted by Crippen LogP contribution is -2.30. The van der Waals surface area contributed by atoms with Crippen LogP contribution in [-0.2, 0) is 11.3 Å². The number of aromatic amines is 1. The number of nitrogens with zero attached hydrogens (tertiary/aromatic N) is 2. The van der Waals surface area contributed by atoms with Gasteiger partial charge < -0.3 is 10.7 Å². The minimum atomic E-state index is -0.315. The van der Waals surface area contributed by atoms with Crippen molar-refractivity contribution < 1.29 is 4.79 Å². The summed E-state index contributed by atoms with van der Waals surface area (Å²) >= 11 is 0. The Hall–Kier alpha value is -1.88. The zero-order valence-corrected chi connectivity index (χ0v) is 9.10. The third-order valence-electron chi connectivity index (χ3n) is 2.36. The van der Waals surface area contributed by atoms with E-state index in [-0.39, 0.29) is 12.5 Å². The van der Waals surface area contributed by atoms with Crippen LogP contribution >= 0.6 is 0 Å². The summed E-state index contributed by atoms with van der Waals surface area (Å²) < 4.78 is 0. The van der Waals surface area contributed by atoms with E-state index in [9.17, 15) is 4.79 Å². The Balaban J connectivity index is 2.11. The van der Waals surface area contributed by atoms with Gasteiger partial charge in [0.15, 0.2) is 0 Å². The monoisotopic (exact) mass is 218 g/mol. The van der Waals surface area contributed by atoms with E-state index in [1.807, 2.05) is 30.1 Å². The molecule has 0 unspecified atom stereocenters. The number of carbonyl (C=O) groups is 1. The SMILES string of the molecule is CN(CC(N)=O)Cc1ccc2nc[nH]c2c1. The number of hydrogen-bond donors (Lipinski definition) is 2. The van der Waals surface area contributed by atoms with Gasteiger partial charge >= 0.3 is 0 Å². The van der Waals surface area contributed by atoms with Crippen molar-refractivity contribution in [1.82, 2.24) is 14.9 Å². The number of nitrogens with two attached hydrogens (primary N) is 1. The minimum absolute atomic E-state index is 0.265. The summed E-state index contributed by atoms with van der Waals surface area (Å²) in [6.45, 7) is 0.957. The van der Waals surface area contributed by atoms with Gasteiger partial charge in [-0.05, 0) is 24.7 Å². The summed E-state index contributed by atoms with van der Waals surface area (Å²) in [6, 6.07) is 5.99. The first-order chi connectivity index (χ1) is 7.65. The molecule has 2 aromatic rings. The highest BCUT2D eigenvalue weighted by Crippen LogP contribution is 2.12. The number of likely N-dealkylation sites (N-methyl/N-ethyl adjacent to an activating group) is 1. The Morgan fingerprint density at radius 3 is 3.12 bits per heavy atom. The first-order valence-corrected chi connectivity index (χ1v) is 5.04. The van der Waals surface area contributed by atoms with Crippen molar-refractivity contribution in [3.63, 3.8) is 0 Å². The predicted octanol–water partition coefficient (Wildman–Crippen LogP) is 0.480. The van der Waals surface area contributed by atoms with Crippen molar-refractivity contribution in [2.45, 2.75) is 6.54 Å². The van der Waals surface area contributed by atoms with Crippen LogP contribution in [0.4, 0.5) is 0 Å². The highest BCUT2D eigenvalue weighted by atomic mass is 16.1. The molecule has 0 bridgehead atoms. The van der Waals surface area contributed by atoms with E-state index in [4.69, 9.17) is 5.73 Å². The quantitative estimate of drug-likeness (QED) is 0.783. The summed E-state index contributed by atoms with van der Waals surface area (Å²) in [7, 11) is 1.86. The normalized spacial score (nSPS) is 11.1. The van der Waals surface area contributed by atoms with Gasteiger partial charge in [-0.1, -0.05) is 6.07 Å². The second-order valence-corrected chi connectivity index (χ2v) is 3.89. The minimum Gasteiger partial charge on any atom is -0.369 e. The predicted molar refractivity (Wildman–Crippen MR) is 61.6 cm³/mol. The zero-order valence-electron chi connectivity index (χ0n) is 9.10. The number of aromatic nitrogens is 2. The van der Waals surface area contributed by atoms with Gasteiger partial charge in [-0.15, -0.1) is 0 Å². The maximum atomic E-state index is 10.7. The van der Waals surface area contributed by atoms with Crippen LogP contribution in [0.2, 0.25) is 0 Å². The van der Waals surface area contributed by atoms with E-state index in [0.29, 0.717) is 6.54 Å². The zero-order chi connectivity index (χ0) is 11.5. The van der Waals surface area contributed by atoms with Crippen LogP contribution in [0.15, 0.2) is 24.5 Å². The number of hydrogen-bond acceptors (Lipinski definition) is 3. The fraction of sp³-hybridized carbons (Fsp3) is 0.273. The maximum absolute atomic E-state index is 10.7. The molecule has 84 valence electrons. The van der Waals surface area contributed by atoms with Crippen LogP contribution in [-0.4, -0.2) is 34.4 Å². The Kier molecular flexibility index (Phi) is 2.87. The van der Waals surface area contributed by atoms with Gasteiger partial charge in [-0.2, -0.15) is 0 Å². The Labute approximate surface area is 93.3 Å². The molecule has 5 nitrogen and oxygen atoms in total. The molecule has 0 aliphatic carbocycles. The molecular weight excluding hydrogens is 204 g/mol. The lowest BCUT2D eigenvalue weighted by Gasteiger charge is -2.14. The average molecular weight is 218 g/mol. The average Bonchev–Trinajstić information content (AvgIpc) is 2.63. The van der Waals surface area contributed by atoms with Crippen LogP contribution in [0.5, 0.6) is 0 Å². The number of primary amides is 1. The summed E-state index contributed by atoms with van der Waals surface area (Å²) in [5.41, 5.74) is 8.20. The fourth-order valence-corrected chi connectivity index (χ4v) is 1.71. The molecule has 0 saturated carbocycles. The molecule has 0 radical (unpaired) electrons. The van der Waals surface area contributed by atoms with Crippen molar-refractivity contribution in [3.05, 3.63) is 30.1 Å². The van der Waals surface area contributed by atoms with E-state index in [1.165, 1.54) is 0 Å². The molecule has 3 N–H and O–H groups in total. The van der Waals surface area contributed by atoms with Crippen LogP contribution in [0.3, 0.4) is 0 Å². The van der Waals surface area contributed by atoms with Gasteiger partial charge in [0, 0.05) is 6.54 Å². The van der Waals surface area contributed by atoms with E-state index in [0.717, 1.165) is 16.6 Å². The number of carbonyl (C=O) groups excluding carboxylic acids is 1. The van der Waals surface area contributed by atoms with Crippen LogP contribution in [0.1, 0.15) is 5.56 Å². The smallest absolute Gasteiger partial charge is 0.231 e. The molecule has 0 aliphatic rings. The lowest BCUT2D eigenvalue weighted by molar-refractivity contribution is -0.118. The molecule has 0 aliphatic heterocycles.